The Labute approximate surface area is 138 Å². The maximum Gasteiger partial charge on any atom is 0.137 e. The largest absolute Gasteiger partial charge is 0.495 e. The Morgan fingerprint density at radius 1 is 1.18 bits per heavy atom. The summed E-state index contributed by atoms with van der Waals surface area (Å²) in [6.07, 6.45) is 0. The number of furan rings is 1. The molecule has 0 fully saturated rings. The number of hydrogen-bond donors (Lipinski definition) is 1. The van der Waals surface area contributed by atoms with Crippen LogP contribution in [0, 0.1) is 0 Å². The van der Waals surface area contributed by atoms with Crippen molar-refractivity contribution in [1.29, 1.82) is 0 Å². The fourth-order valence-corrected chi connectivity index (χ4v) is 3.10. The molecule has 114 valence electrons. The van der Waals surface area contributed by atoms with Crippen LogP contribution in [0.25, 0.3) is 11.3 Å². The number of rotatable bonds is 6. The van der Waals surface area contributed by atoms with Crippen molar-refractivity contribution in [2.45, 2.75) is 13.1 Å². The summed E-state index contributed by atoms with van der Waals surface area (Å²) < 4.78 is 11.0. The van der Waals surface area contributed by atoms with Crippen LogP contribution in [0.2, 0.25) is 5.02 Å². The second-order valence-corrected chi connectivity index (χ2v) is 6.24. The molecule has 22 heavy (non-hydrogen) atoms. The van der Waals surface area contributed by atoms with Crippen molar-refractivity contribution in [3.05, 3.63) is 63.5 Å². The van der Waals surface area contributed by atoms with E-state index in [0.717, 1.165) is 23.6 Å². The van der Waals surface area contributed by atoms with Gasteiger partial charge in [-0.25, -0.2) is 0 Å². The lowest BCUT2D eigenvalue weighted by Gasteiger charge is -2.04. The van der Waals surface area contributed by atoms with Gasteiger partial charge in [0.1, 0.15) is 17.3 Å². The first-order valence-corrected chi connectivity index (χ1v) is 8.18. The number of methoxy groups -OCH3 is 1. The molecular formula is C17H16ClNO2S. The first-order valence-electron chi connectivity index (χ1n) is 6.92. The van der Waals surface area contributed by atoms with Crippen molar-refractivity contribution in [3.8, 4) is 17.1 Å². The molecule has 1 aromatic carbocycles. The number of halogens is 1. The van der Waals surface area contributed by atoms with Crippen molar-refractivity contribution in [1.82, 2.24) is 5.32 Å². The molecule has 0 saturated carbocycles. The van der Waals surface area contributed by atoms with Crippen LogP contribution >= 0.6 is 22.9 Å². The van der Waals surface area contributed by atoms with E-state index in [9.17, 15) is 0 Å². The molecule has 0 aliphatic rings. The lowest BCUT2D eigenvalue weighted by atomic mass is 10.2. The minimum atomic E-state index is 0.578. The predicted octanol–water partition coefficient (Wildman–Crippen LogP) is 4.96. The van der Waals surface area contributed by atoms with Gasteiger partial charge in [0.05, 0.1) is 18.7 Å². The van der Waals surface area contributed by atoms with Crippen LogP contribution < -0.4 is 10.1 Å². The number of thiophene rings is 1. The molecule has 0 radical (unpaired) electrons. The maximum atomic E-state index is 6.15. The van der Waals surface area contributed by atoms with E-state index in [1.807, 2.05) is 30.3 Å². The zero-order valence-corrected chi connectivity index (χ0v) is 13.7. The molecule has 0 amide bonds. The molecule has 2 aromatic heterocycles. The van der Waals surface area contributed by atoms with Gasteiger partial charge in [0.15, 0.2) is 0 Å². The average molecular weight is 334 g/mol. The van der Waals surface area contributed by atoms with Crippen molar-refractivity contribution in [3.63, 3.8) is 0 Å². The Morgan fingerprint density at radius 2 is 2.09 bits per heavy atom. The van der Waals surface area contributed by atoms with Gasteiger partial charge in [-0.1, -0.05) is 17.7 Å². The predicted molar refractivity (Wildman–Crippen MR) is 90.6 cm³/mol. The van der Waals surface area contributed by atoms with Gasteiger partial charge in [0, 0.05) is 17.0 Å². The zero-order valence-electron chi connectivity index (χ0n) is 12.1. The SMILES string of the molecule is COc1ccc(-c2ccc(CNCc3cccs3)o2)cc1Cl. The molecule has 2 heterocycles. The first-order chi connectivity index (χ1) is 10.8. The molecule has 0 unspecified atom stereocenters. The van der Waals surface area contributed by atoms with E-state index < -0.39 is 0 Å². The van der Waals surface area contributed by atoms with Crippen LogP contribution in [0.5, 0.6) is 5.75 Å². The third kappa shape index (κ3) is 3.53. The highest BCUT2D eigenvalue weighted by molar-refractivity contribution is 7.09. The van der Waals surface area contributed by atoms with Crippen LogP contribution in [0.3, 0.4) is 0 Å². The van der Waals surface area contributed by atoms with Gasteiger partial charge in [0.2, 0.25) is 0 Å². The second kappa shape index (κ2) is 7.01. The third-order valence-corrected chi connectivity index (χ3v) is 4.45. The standard InChI is InChI=1S/C17H16ClNO2S/c1-20-17-6-4-12(9-15(17)18)16-7-5-13(21-16)10-19-11-14-3-2-8-22-14/h2-9,19H,10-11H2,1H3. The normalized spacial score (nSPS) is 10.8. The highest BCUT2D eigenvalue weighted by Crippen LogP contribution is 2.31. The summed E-state index contributed by atoms with van der Waals surface area (Å²) >= 11 is 7.89. The van der Waals surface area contributed by atoms with Crippen molar-refractivity contribution in [2.75, 3.05) is 7.11 Å². The summed E-state index contributed by atoms with van der Waals surface area (Å²) in [7, 11) is 1.60. The van der Waals surface area contributed by atoms with Gasteiger partial charge >= 0.3 is 0 Å². The lowest BCUT2D eigenvalue weighted by Crippen LogP contribution is -2.10. The first kappa shape index (κ1) is 15.2. The smallest absolute Gasteiger partial charge is 0.137 e. The molecule has 0 aliphatic heterocycles. The molecule has 0 bridgehead atoms. The molecule has 3 nitrogen and oxygen atoms in total. The van der Waals surface area contributed by atoms with Gasteiger partial charge in [-0.3, -0.25) is 0 Å². The Morgan fingerprint density at radius 3 is 2.82 bits per heavy atom. The molecule has 0 spiro atoms. The van der Waals surface area contributed by atoms with E-state index in [2.05, 4.69) is 22.8 Å². The van der Waals surface area contributed by atoms with E-state index in [-0.39, 0.29) is 0 Å². The Balaban J connectivity index is 1.64. The minimum absolute atomic E-state index is 0.578. The summed E-state index contributed by atoms with van der Waals surface area (Å²) in [5.41, 5.74) is 0.940. The van der Waals surface area contributed by atoms with Crippen LogP contribution in [0.15, 0.2) is 52.3 Å². The number of hydrogen-bond acceptors (Lipinski definition) is 4. The Kier molecular flexibility index (Phi) is 4.83. The summed E-state index contributed by atoms with van der Waals surface area (Å²) in [6.45, 7) is 1.55. The average Bonchev–Trinajstić information content (AvgIpc) is 3.19. The number of ether oxygens (including phenoxy) is 1. The van der Waals surface area contributed by atoms with E-state index in [4.69, 9.17) is 20.8 Å². The van der Waals surface area contributed by atoms with Gasteiger partial charge in [0.25, 0.3) is 0 Å². The van der Waals surface area contributed by atoms with E-state index in [1.165, 1.54) is 4.88 Å². The van der Waals surface area contributed by atoms with E-state index in [1.54, 1.807) is 18.4 Å². The topological polar surface area (TPSA) is 34.4 Å². The lowest BCUT2D eigenvalue weighted by molar-refractivity contribution is 0.415. The fraction of sp³-hybridized carbons (Fsp3) is 0.176. The van der Waals surface area contributed by atoms with E-state index >= 15 is 0 Å². The van der Waals surface area contributed by atoms with Gasteiger partial charge in [-0.05, 0) is 41.8 Å². The van der Waals surface area contributed by atoms with Crippen LogP contribution in [-0.2, 0) is 13.1 Å². The van der Waals surface area contributed by atoms with Gasteiger partial charge in [-0.2, -0.15) is 0 Å². The molecule has 3 rings (SSSR count). The highest BCUT2D eigenvalue weighted by atomic mass is 35.5. The summed E-state index contributed by atoms with van der Waals surface area (Å²) in [6, 6.07) is 13.7. The van der Waals surface area contributed by atoms with Crippen molar-refractivity contribution in [2.24, 2.45) is 0 Å². The fourth-order valence-electron chi connectivity index (χ4n) is 2.17. The maximum absolute atomic E-state index is 6.15. The van der Waals surface area contributed by atoms with Gasteiger partial charge in [-0.15, -0.1) is 11.3 Å². The number of benzene rings is 1. The molecule has 3 aromatic rings. The highest BCUT2D eigenvalue weighted by Gasteiger charge is 2.08. The summed E-state index contributed by atoms with van der Waals surface area (Å²) in [5, 5.41) is 6.03. The van der Waals surface area contributed by atoms with Gasteiger partial charge < -0.3 is 14.5 Å². The molecule has 5 heteroatoms. The summed E-state index contributed by atoms with van der Waals surface area (Å²) in [5.74, 6) is 2.37. The Bertz CT molecular complexity index is 737. The van der Waals surface area contributed by atoms with Crippen molar-refractivity contribution >= 4 is 22.9 Å². The summed E-state index contributed by atoms with van der Waals surface area (Å²) in [4.78, 5) is 1.31. The van der Waals surface area contributed by atoms with E-state index in [0.29, 0.717) is 17.3 Å². The molecule has 0 atom stereocenters. The minimum Gasteiger partial charge on any atom is -0.495 e. The molecule has 1 N–H and O–H groups in total. The monoisotopic (exact) mass is 333 g/mol. The Hall–Kier alpha value is -1.75. The van der Waals surface area contributed by atoms with Crippen LogP contribution in [-0.4, -0.2) is 7.11 Å². The number of nitrogens with one attached hydrogen (secondary N) is 1. The molecule has 0 saturated heterocycles. The molecule has 0 aliphatic carbocycles. The quantitative estimate of drug-likeness (QED) is 0.692. The van der Waals surface area contributed by atoms with Crippen molar-refractivity contribution < 1.29 is 9.15 Å². The van der Waals surface area contributed by atoms with Crippen LogP contribution in [0.1, 0.15) is 10.6 Å². The van der Waals surface area contributed by atoms with Crippen LogP contribution in [0.4, 0.5) is 0 Å². The zero-order chi connectivity index (χ0) is 15.4. The molecular weight excluding hydrogens is 318 g/mol. The second-order valence-electron chi connectivity index (χ2n) is 4.80. The third-order valence-electron chi connectivity index (χ3n) is 3.28.